The summed E-state index contributed by atoms with van der Waals surface area (Å²) in [5.74, 6) is 1.08. The fraction of sp³-hybridized carbons (Fsp3) is 0.556. The van der Waals surface area contributed by atoms with Crippen molar-refractivity contribution in [2.24, 2.45) is 5.41 Å². The van der Waals surface area contributed by atoms with Crippen LogP contribution >= 0.6 is 23.2 Å². The van der Waals surface area contributed by atoms with E-state index in [2.05, 4.69) is 49.2 Å². The average molecular weight is 338 g/mol. The Labute approximate surface area is 142 Å². The summed E-state index contributed by atoms with van der Waals surface area (Å²) < 4.78 is 6.63. The number of hydrogen-bond acceptors (Lipinski definition) is 2. The topological polar surface area (TPSA) is 12.5 Å². The molecule has 1 aromatic rings. The number of hydrogen-bond donors (Lipinski definition) is 0. The molecule has 1 saturated heterocycles. The monoisotopic (exact) mass is 337 g/mol. The Morgan fingerprint density at radius 2 is 1.95 bits per heavy atom. The van der Waals surface area contributed by atoms with E-state index >= 15 is 0 Å². The summed E-state index contributed by atoms with van der Waals surface area (Å²) in [5, 5.41) is 0. The number of anilines is 1. The molecule has 1 fully saturated rings. The minimum Gasteiger partial charge on any atom is -0.365 e. The van der Waals surface area contributed by atoms with Crippen LogP contribution in [0.1, 0.15) is 25.3 Å². The maximum Gasteiger partial charge on any atom is 0.139 e. The SMILES string of the molecule is CC1=CCC23CC(CCl)(CCl)COC12c1ccccc1N3C. The zero-order valence-corrected chi connectivity index (χ0v) is 14.5. The highest BCUT2D eigenvalue weighted by Gasteiger charge is 2.69. The predicted molar refractivity (Wildman–Crippen MR) is 92.1 cm³/mol. The summed E-state index contributed by atoms with van der Waals surface area (Å²) in [7, 11) is 2.19. The molecule has 0 amide bonds. The fourth-order valence-corrected chi connectivity index (χ4v) is 5.52. The molecule has 2 aliphatic heterocycles. The molecule has 22 heavy (non-hydrogen) atoms. The third-order valence-electron chi connectivity index (χ3n) is 6.07. The van der Waals surface area contributed by atoms with Crippen LogP contribution in [0.2, 0.25) is 0 Å². The highest BCUT2D eigenvalue weighted by atomic mass is 35.5. The van der Waals surface area contributed by atoms with E-state index in [9.17, 15) is 0 Å². The first-order chi connectivity index (χ1) is 10.6. The number of ether oxygens (including phenoxy) is 1. The first-order valence-electron chi connectivity index (χ1n) is 7.82. The van der Waals surface area contributed by atoms with Crippen LogP contribution < -0.4 is 4.90 Å². The van der Waals surface area contributed by atoms with Gasteiger partial charge in [-0.05, 0) is 31.4 Å². The molecular formula is C18H21Cl2NO. The quantitative estimate of drug-likeness (QED) is 0.589. The minimum atomic E-state index is -0.333. The largest absolute Gasteiger partial charge is 0.365 e. The van der Waals surface area contributed by atoms with Crippen molar-refractivity contribution in [1.29, 1.82) is 0 Å². The van der Waals surface area contributed by atoms with E-state index in [1.807, 2.05) is 0 Å². The normalized spacial score (nSPS) is 34.9. The van der Waals surface area contributed by atoms with Crippen LogP contribution in [0.3, 0.4) is 0 Å². The van der Waals surface area contributed by atoms with Crippen molar-refractivity contribution in [1.82, 2.24) is 0 Å². The van der Waals surface area contributed by atoms with Crippen molar-refractivity contribution in [3.63, 3.8) is 0 Å². The molecule has 0 N–H and O–H groups in total. The van der Waals surface area contributed by atoms with E-state index in [4.69, 9.17) is 27.9 Å². The van der Waals surface area contributed by atoms with Crippen molar-refractivity contribution < 1.29 is 4.74 Å². The van der Waals surface area contributed by atoms with Gasteiger partial charge in [-0.1, -0.05) is 24.3 Å². The molecular weight excluding hydrogens is 317 g/mol. The van der Waals surface area contributed by atoms with Gasteiger partial charge < -0.3 is 9.64 Å². The zero-order chi connectivity index (χ0) is 15.6. The highest BCUT2D eigenvalue weighted by Crippen LogP contribution is 2.66. The van der Waals surface area contributed by atoms with Gasteiger partial charge in [0.15, 0.2) is 0 Å². The van der Waals surface area contributed by atoms with Gasteiger partial charge in [-0.2, -0.15) is 0 Å². The lowest BCUT2D eigenvalue weighted by molar-refractivity contribution is -0.141. The van der Waals surface area contributed by atoms with E-state index < -0.39 is 0 Å². The molecule has 3 aliphatic rings. The van der Waals surface area contributed by atoms with Crippen LogP contribution in [0.15, 0.2) is 35.9 Å². The van der Waals surface area contributed by atoms with Crippen molar-refractivity contribution in [2.75, 3.05) is 30.3 Å². The lowest BCUT2D eigenvalue weighted by Gasteiger charge is -2.55. The third-order valence-corrected chi connectivity index (χ3v) is 7.21. The summed E-state index contributed by atoms with van der Waals surface area (Å²) in [5.41, 5.74) is 3.31. The van der Waals surface area contributed by atoms with Crippen molar-refractivity contribution in [2.45, 2.75) is 30.9 Å². The van der Waals surface area contributed by atoms with E-state index in [0.29, 0.717) is 18.4 Å². The molecule has 4 rings (SSSR count). The van der Waals surface area contributed by atoms with Crippen LogP contribution in [-0.2, 0) is 10.3 Å². The Hall–Kier alpha value is -0.700. The van der Waals surface area contributed by atoms with Gasteiger partial charge >= 0.3 is 0 Å². The van der Waals surface area contributed by atoms with Crippen molar-refractivity contribution in [3.05, 3.63) is 41.5 Å². The molecule has 2 unspecified atom stereocenters. The molecule has 1 aliphatic carbocycles. The number of likely N-dealkylation sites (N-methyl/N-ethyl adjacent to an activating group) is 1. The smallest absolute Gasteiger partial charge is 0.139 e. The first kappa shape index (κ1) is 14.9. The van der Waals surface area contributed by atoms with Crippen LogP contribution in [0, 0.1) is 5.41 Å². The fourth-order valence-electron chi connectivity index (χ4n) is 4.89. The predicted octanol–water partition coefficient (Wildman–Crippen LogP) is 4.30. The van der Waals surface area contributed by atoms with E-state index in [-0.39, 0.29) is 16.6 Å². The van der Waals surface area contributed by atoms with Gasteiger partial charge in [0, 0.05) is 35.5 Å². The Bertz CT molecular complexity index is 654. The second kappa shape index (κ2) is 4.66. The lowest BCUT2D eigenvalue weighted by atomic mass is 9.66. The van der Waals surface area contributed by atoms with Crippen LogP contribution in [0.25, 0.3) is 0 Å². The van der Waals surface area contributed by atoms with Crippen LogP contribution in [0.5, 0.6) is 0 Å². The molecule has 118 valence electrons. The van der Waals surface area contributed by atoms with Crippen LogP contribution in [0.4, 0.5) is 5.69 Å². The maximum absolute atomic E-state index is 6.63. The molecule has 0 radical (unpaired) electrons. The number of fused-ring (bicyclic) bond motifs is 1. The zero-order valence-electron chi connectivity index (χ0n) is 13.0. The summed E-state index contributed by atoms with van der Waals surface area (Å²) in [4.78, 5) is 2.42. The molecule has 0 saturated carbocycles. The summed E-state index contributed by atoms with van der Waals surface area (Å²) >= 11 is 12.6. The summed E-state index contributed by atoms with van der Waals surface area (Å²) in [6.45, 7) is 2.82. The Kier molecular flexibility index (Phi) is 3.15. The molecule has 0 aromatic heterocycles. The lowest BCUT2D eigenvalue weighted by Crippen LogP contribution is -2.64. The van der Waals surface area contributed by atoms with Gasteiger partial charge in [-0.25, -0.2) is 0 Å². The molecule has 0 bridgehead atoms. The number of nitrogens with zero attached hydrogens (tertiary/aromatic N) is 1. The minimum absolute atomic E-state index is 0.0944. The average Bonchev–Trinajstić information content (AvgIpc) is 2.98. The number of halogens is 2. The molecule has 1 aromatic carbocycles. The Balaban J connectivity index is 1.93. The van der Waals surface area contributed by atoms with E-state index in [1.54, 1.807) is 0 Å². The summed E-state index contributed by atoms with van der Waals surface area (Å²) in [6.07, 6.45) is 4.29. The van der Waals surface area contributed by atoms with Gasteiger partial charge in [0.1, 0.15) is 5.60 Å². The molecule has 2 heterocycles. The number of rotatable bonds is 2. The standard InChI is InChI=1S/C18H21Cl2NO/c1-13-7-8-17-9-16(10-19,11-20)12-22-18(13,17)14-5-3-4-6-15(14)21(17)2/h3-7H,8-12H2,1-2H3. The van der Waals surface area contributed by atoms with Gasteiger partial charge in [-0.3, -0.25) is 0 Å². The highest BCUT2D eigenvalue weighted by molar-refractivity contribution is 6.21. The van der Waals surface area contributed by atoms with Crippen molar-refractivity contribution >= 4 is 28.9 Å². The van der Waals surface area contributed by atoms with Crippen LogP contribution in [-0.4, -0.2) is 31.0 Å². The number of para-hydroxylation sites is 1. The van der Waals surface area contributed by atoms with Gasteiger partial charge in [0.2, 0.25) is 0 Å². The summed E-state index contributed by atoms with van der Waals surface area (Å²) in [6, 6.07) is 8.62. The van der Waals surface area contributed by atoms with E-state index in [1.165, 1.54) is 16.8 Å². The van der Waals surface area contributed by atoms with Gasteiger partial charge in [0.25, 0.3) is 0 Å². The molecule has 2 nitrogen and oxygen atoms in total. The molecule has 2 atom stereocenters. The third kappa shape index (κ3) is 1.47. The second-order valence-electron chi connectivity index (χ2n) is 7.11. The number of alkyl halides is 2. The van der Waals surface area contributed by atoms with Gasteiger partial charge in [-0.15, -0.1) is 23.2 Å². The molecule has 4 heteroatoms. The van der Waals surface area contributed by atoms with E-state index in [0.717, 1.165) is 12.8 Å². The molecule has 0 spiro atoms. The van der Waals surface area contributed by atoms with Crippen molar-refractivity contribution in [3.8, 4) is 0 Å². The Morgan fingerprint density at radius 3 is 2.68 bits per heavy atom. The number of benzene rings is 1. The maximum atomic E-state index is 6.63. The van der Waals surface area contributed by atoms with Gasteiger partial charge in [0.05, 0.1) is 12.1 Å². The Morgan fingerprint density at radius 1 is 1.23 bits per heavy atom. The second-order valence-corrected chi connectivity index (χ2v) is 7.65. The first-order valence-corrected chi connectivity index (χ1v) is 8.89.